The van der Waals surface area contributed by atoms with Gasteiger partial charge in [0.05, 0.1) is 25.7 Å². The molecule has 2 aromatic carbocycles. The van der Waals surface area contributed by atoms with Gasteiger partial charge in [-0.1, -0.05) is 54.6 Å². The lowest BCUT2D eigenvalue weighted by Crippen LogP contribution is -2.44. The normalized spacial score (nSPS) is 19.9. The summed E-state index contributed by atoms with van der Waals surface area (Å²) in [6.07, 6.45) is 1.81. The van der Waals surface area contributed by atoms with E-state index in [9.17, 15) is 4.79 Å². The highest BCUT2D eigenvalue weighted by Crippen LogP contribution is 2.20. The predicted molar refractivity (Wildman–Crippen MR) is 103 cm³/mol. The molecule has 26 heavy (non-hydrogen) atoms. The van der Waals surface area contributed by atoms with Gasteiger partial charge in [-0.2, -0.15) is 0 Å². The van der Waals surface area contributed by atoms with E-state index < -0.39 is 0 Å². The summed E-state index contributed by atoms with van der Waals surface area (Å²) in [5.41, 5.74) is 3.61. The predicted octanol–water partition coefficient (Wildman–Crippen LogP) is 3.80. The number of hydrogen-bond acceptors (Lipinski definition) is 4. The molecule has 3 rings (SSSR count). The summed E-state index contributed by atoms with van der Waals surface area (Å²) >= 11 is 0. The van der Waals surface area contributed by atoms with Crippen LogP contribution in [-0.4, -0.2) is 31.8 Å². The fourth-order valence-corrected chi connectivity index (χ4v) is 3.26. The molecule has 2 atom stereocenters. The largest absolute Gasteiger partial charge is 0.466 e. The Morgan fingerprint density at radius 2 is 1.77 bits per heavy atom. The van der Waals surface area contributed by atoms with Crippen molar-refractivity contribution in [3.63, 3.8) is 0 Å². The van der Waals surface area contributed by atoms with Crippen molar-refractivity contribution < 1.29 is 14.3 Å². The number of esters is 1. The number of carbonyl (C=O) groups excluding carboxylic acids is 1. The molecular weight excluding hydrogens is 326 g/mol. The summed E-state index contributed by atoms with van der Waals surface area (Å²) in [6.45, 7) is 4.24. The van der Waals surface area contributed by atoms with Crippen LogP contribution in [0.15, 0.2) is 54.6 Å². The number of carbonyl (C=O) groups is 1. The highest BCUT2D eigenvalue weighted by Gasteiger charge is 2.26. The van der Waals surface area contributed by atoms with Crippen LogP contribution in [-0.2, 0) is 20.9 Å². The molecule has 138 valence electrons. The van der Waals surface area contributed by atoms with Crippen LogP contribution in [0, 0.1) is 5.92 Å². The summed E-state index contributed by atoms with van der Waals surface area (Å²) in [5, 5.41) is 3.40. The molecule has 1 aliphatic heterocycles. The van der Waals surface area contributed by atoms with Crippen LogP contribution in [0.5, 0.6) is 0 Å². The Hall–Kier alpha value is -2.17. The van der Waals surface area contributed by atoms with Crippen LogP contribution >= 0.6 is 0 Å². The van der Waals surface area contributed by atoms with Gasteiger partial charge in [0.2, 0.25) is 0 Å². The summed E-state index contributed by atoms with van der Waals surface area (Å²) in [5.74, 6) is -0.102. The Labute approximate surface area is 155 Å². The number of piperidine rings is 1. The fourth-order valence-electron chi connectivity index (χ4n) is 3.26. The summed E-state index contributed by atoms with van der Waals surface area (Å²) in [6, 6.07) is 19.2. The van der Waals surface area contributed by atoms with E-state index in [0.29, 0.717) is 32.4 Å². The Bertz CT molecular complexity index is 676. The SMILES string of the molecule is CCOC(=O)[C@@H]1CC[C@@H](COCc2ccc(-c3ccccc3)cc2)NC1. The van der Waals surface area contributed by atoms with Gasteiger partial charge >= 0.3 is 5.97 Å². The van der Waals surface area contributed by atoms with Gasteiger partial charge in [-0.25, -0.2) is 0 Å². The highest BCUT2D eigenvalue weighted by atomic mass is 16.5. The number of nitrogens with one attached hydrogen (secondary N) is 1. The third-order valence-electron chi connectivity index (χ3n) is 4.79. The molecule has 0 radical (unpaired) electrons. The molecule has 0 aromatic heterocycles. The first kappa shape index (κ1) is 18.6. The second-order valence-electron chi connectivity index (χ2n) is 6.71. The quantitative estimate of drug-likeness (QED) is 0.769. The van der Waals surface area contributed by atoms with Crippen molar-refractivity contribution >= 4 is 5.97 Å². The van der Waals surface area contributed by atoms with Crippen molar-refractivity contribution in [3.05, 3.63) is 60.2 Å². The lowest BCUT2D eigenvalue weighted by Gasteiger charge is -2.28. The van der Waals surface area contributed by atoms with Crippen molar-refractivity contribution in [1.29, 1.82) is 0 Å². The third-order valence-corrected chi connectivity index (χ3v) is 4.79. The van der Waals surface area contributed by atoms with E-state index in [1.807, 2.05) is 13.0 Å². The van der Waals surface area contributed by atoms with Gasteiger partial charge in [-0.3, -0.25) is 4.79 Å². The summed E-state index contributed by atoms with van der Waals surface area (Å²) in [7, 11) is 0. The van der Waals surface area contributed by atoms with Crippen LogP contribution in [0.25, 0.3) is 11.1 Å². The molecule has 1 aliphatic rings. The minimum atomic E-state index is -0.0853. The molecule has 0 aliphatic carbocycles. The molecule has 1 saturated heterocycles. The van der Waals surface area contributed by atoms with Gasteiger partial charge < -0.3 is 14.8 Å². The molecule has 1 fully saturated rings. The van der Waals surface area contributed by atoms with E-state index in [4.69, 9.17) is 9.47 Å². The third kappa shape index (κ3) is 5.16. The van der Waals surface area contributed by atoms with Crippen molar-refractivity contribution in [2.24, 2.45) is 5.92 Å². The molecule has 0 saturated carbocycles. The molecule has 0 spiro atoms. The number of rotatable bonds is 7. The van der Waals surface area contributed by atoms with Gasteiger partial charge in [0.25, 0.3) is 0 Å². The molecule has 4 heteroatoms. The average Bonchev–Trinajstić information content (AvgIpc) is 2.70. The maximum absolute atomic E-state index is 11.7. The topological polar surface area (TPSA) is 47.6 Å². The van der Waals surface area contributed by atoms with E-state index in [1.54, 1.807) is 0 Å². The molecule has 1 N–H and O–H groups in total. The molecule has 2 aromatic rings. The number of benzene rings is 2. The standard InChI is InChI=1S/C22H27NO3/c1-2-26-22(24)20-12-13-21(23-14-20)16-25-15-17-8-10-19(11-9-17)18-6-4-3-5-7-18/h3-11,20-21,23H,2,12-16H2,1H3/t20-,21+/m1/s1. The lowest BCUT2D eigenvalue weighted by molar-refractivity contribution is -0.148. The second-order valence-corrected chi connectivity index (χ2v) is 6.71. The number of hydrogen-bond donors (Lipinski definition) is 1. The van der Waals surface area contributed by atoms with Gasteiger partial charge in [-0.05, 0) is 36.5 Å². The summed E-state index contributed by atoms with van der Waals surface area (Å²) < 4.78 is 11.0. The van der Waals surface area contributed by atoms with E-state index in [-0.39, 0.29) is 11.9 Å². The van der Waals surface area contributed by atoms with Crippen LogP contribution in [0.1, 0.15) is 25.3 Å². The van der Waals surface area contributed by atoms with Gasteiger partial charge in [-0.15, -0.1) is 0 Å². The maximum atomic E-state index is 11.7. The van der Waals surface area contributed by atoms with Crippen LogP contribution in [0.3, 0.4) is 0 Å². The first-order chi connectivity index (χ1) is 12.8. The Morgan fingerprint density at radius 3 is 2.42 bits per heavy atom. The Morgan fingerprint density at radius 1 is 1.04 bits per heavy atom. The van der Waals surface area contributed by atoms with Crippen LogP contribution < -0.4 is 5.32 Å². The number of ether oxygens (including phenoxy) is 2. The van der Waals surface area contributed by atoms with Crippen molar-refractivity contribution in [1.82, 2.24) is 5.32 Å². The maximum Gasteiger partial charge on any atom is 0.310 e. The van der Waals surface area contributed by atoms with E-state index in [0.717, 1.165) is 12.8 Å². The van der Waals surface area contributed by atoms with Gasteiger partial charge in [0.15, 0.2) is 0 Å². The second kappa shape index (κ2) is 9.51. The molecule has 0 bridgehead atoms. The highest BCUT2D eigenvalue weighted by molar-refractivity contribution is 5.72. The fraction of sp³-hybridized carbons (Fsp3) is 0.409. The Balaban J connectivity index is 1.40. The lowest BCUT2D eigenvalue weighted by atomic mass is 9.95. The van der Waals surface area contributed by atoms with E-state index in [2.05, 4.69) is 53.8 Å². The smallest absolute Gasteiger partial charge is 0.310 e. The minimum absolute atomic E-state index is 0.0169. The summed E-state index contributed by atoms with van der Waals surface area (Å²) in [4.78, 5) is 11.7. The zero-order chi connectivity index (χ0) is 18.2. The van der Waals surface area contributed by atoms with Gasteiger partial charge in [0.1, 0.15) is 0 Å². The van der Waals surface area contributed by atoms with Crippen molar-refractivity contribution in [2.45, 2.75) is 32.4 Å². The van der Waals surface area contributed by atoms with Gasteiger partial charge in [0, 0.05) is 12.6 Å². The zero-order valence-corrected chi connectivity index (χ0v) is 15.3. The Kier molecular flexibility index (Phi) is 6.81. The molecule has 4 nitrogen and oxygen atoms in total. The zero-order valence-electron chi connectivity index (χ0n) is 15.3. The first-order valence-corrected chi connectivity index (χ1v) is 9.38. The molecule has 1 heterocycles. The van der Waals surface area contributed by atoms with E-state index in [1.165, 1.54) is 16.7 Å². The first-order valence-electron chi connectivity index (χ1n) is 9.38. The monoisotopic (exact) mass is 353 g/mol. The van der Waals surface area contributed by atoms with Crippen molar-refractivity contribution in [2.75, 3.05) is 19.8 Å². The van der Waals surface area contributed by atoms with E-state index >= 15 is 0 Å². The molecular formula is C22H27NO3. The van der Waals surface area contributed by atoms with Crippen LogP contribution in [0.4, 0.5) is 0 Å². The minimum Gasteiger partial charge on any atom is -0.466 e. The van der Waals surface area contributed by atoms with Crippen molar-refractivity contribution in [3.8, 4) is 11.1 Å². The molecule has 0 unspecified atom stereocenters. The molecule has 0 amide bonds. The average molecular weight is 353 g/mol. The van der Waals surface area contributed by atoms with Crippen LogP contribution in [0.2, 0.25) is 0 Å².